The number of benzene rings is 1. The largest absolute Gasteiger partial charge is 0.392 e. The van der Waals surface area contributed by atoms with Gasteiger partial charge in [0.1, 0.15) is 11.3 Å². The molecule has 0 spiro atoms. The van der Waals surface area contributed by atoms with Crippen LogP contribution in [0.5, 0.6) is 0 Å². The Morgan fingerprint density at radius 2 is 1.92 bits per heavy atom. The normalized spacial score (nSPS) is 25.3. The van der Waals surface area contributed by atoms with Crippen molar-refractivity contribution < 1.29 is 18.7 Å². The van der Waals surface area contributed by atoms with Gasteiger partial charge in [-0.25, -0.2) is 18.7 Å². The van der Waals surface area contributed by atoms with Crippen molar-refractivity contribution >= 4 is 46.3 Å². The first-order valence-corrected chi connectivity index (χ1v) is 13.3. The number of nitrogens with one attached hydrogen (secondary N) is 2. The van der Waals surface area contributed by atoms with Crippen LogP contribution in [0.1, 0.15) is 64.8 Å². The number of nitrogens with two attached hydrogens (primary N) is 1. The zero-order chi connectivity index (χ0) is 27.2. The average Bonchev–Trinajstić information content (AvgIpc) is 3.21. The summed E-state index contributed by atoms with van der Waals surface area (Å²) in [6, 6.07) is 1.70. The number of halogens is 3. The quantitative estimate of drug-likeness (QED) is 0.339. The number of hydrogen-bond acceptors (Lipinski definition) is 7. The van der Waals surface area contributed by atoms with Crippen molar-refractivity contribution in [1.29, 1.82) is 0 Å². The van der Waals surface area contributed by atoms with Gasteiger partial charge in [0.15, 0.2) is 11.5 Å². The molecule has 0 radical (unpaired) electrons. The minimum atomic E-state index is -0.849. The summed E-state index contributed by atoms with van der Waals surface area (Å²) >= 11 is 6.15. The van der Waals surface area contributed by atoms with Gasteiger partial charge in [0.2, 0.25) is 17.8 Å². The van der Waals surface area contributed by atoms with E-state index in [0.717, 1.165) is 25.0 Å². The average molecular weight is 548 g/mol. The predicted octanol–water partition coefficient (Wildman–Crippen LogP) is 5.07. The molecule has 9 nitrogen and oxygen atoms in total. The van der Waals surface area contributed by atoms with Crippen LogP contribution in [0.4, 0.5) is 26.4 Å². The van der Waals surface area contributed by atoms with Gasteiger partial charge in [-0.05, 0) is 56.4 Å². The van der Waals surface area contributed by atoms with E-state index < -0.39 is 17.7 Å². The molecule has 2 aromatic heterocycles. The van der Waals surface area contributed by atoms with Crippen LogP contribution < -0.4 is 16.4 Å². The summed E-state index contributed by atoms with van der Waals surface area (Å²) in [6.45, 7) is 4.12. The molecule has 0 aliphatic heterocycles. The van der Waals surface area contributed by atoms with Gasteiger partial charge in [0.05, 0.1) is 23.0 Å². The van der Waals surface area contributed by atoms with Crippen LogP contribution in [0.3, 0.4) is 0 Å². The zero-order valence-corrected chi connectivity index (χ0v) is 22.1. The summed E-state index contributed by atoms with van der Waals surface area (Å²) in [7, 11) is 0. The summed E-state index contributed by atoms with van der Waals surface area (Å²) in [5.74, 6) is -1.46. The molecule has 2 heterocycles. The van der Waals surface area contributed by atoms with E-state index in [-0.39, 0.29) is 46.0 Å². The van der Waals surface area contributed by atoms with E-state index >= 15 is 0 Å². The van der Waals surface area contributed by atoms with E-state index in [4.69, 9.17) is 22.3 Å². The zero-order valence-electron chi connectivity index (χ0n) is 21.3. The lowest BCUT2D eigenvalue weighted by Crippen LogP contribution is -2.41. The molecule has 1 unspecified atom stereocenters. The molecule has 204 valence electrons. The van der Waals surface area contributed by atoms with Crippen molar-refractivity contribution in [1.82, 2.24) is 19.5 Å². The Morgan fingerprint density at radius 1 is 1.18 bits per heavy atom. The highest BCUT2D eigenvalue weighted by Crippen LogP contribution is 2.39. The number of aliphatic hydroxyl groups excluding tert-OH is 1. The first-order chi connectivity index (χ1) is 18.0. The number of hydrogen-bond donors (Lipinski definition) is 4. The lowest BCUT2D eigenvalue weighted by Gasteiger charge is -2.39. The van der Waals surface area contributed by atoms with Crippen LogP contribution in [-0.2, 0) is 4.79 Å². The Morgan fingerprint density at radius 3 is 2.58 bits per heavy atom. The number of anilines is 3. The van der Waals surface area contributed by atoms with Crippen molar-refractivity contribution in [2.45, 2.75) is 77.0 Å². The van der Waals surface area contributed by atoms with E-state index in [9.17, 15) is 18.7 Å². The fourth-order valence-corrected chi connectivity index (χ4v) is 5.76. The van der Waals surface area contributed by atoms with E-state index in [0.29, 0.717) is 49.2 Å². The van der Waals surface area contributed by atoms with Gasteiger partial charge in [0, 0.05) is 24.1 Å². The first-order valence-electron chi connectivity index (χ1n) is 12.9. The van der Waals surface area contributed by atoms with Crippen molar-refractivity contribution in [3.63, 3.8) is 0 Å². The molecule has 2 atom stereocenters. The standard InChI is InChI=1S/C26H32ClF2N7O2/c1-26(2)8-7-15(11-20(26)37)32-24-31-12-19-23(35-24)36(16-5-3-13(4-6-16)22(30)38)25(33-19)34-21-17(27)9-14(28)10-18(21)29/h9-10,12-13,15-16,20,37H,3-8,11H2,1-2H3,(H2,30,38)(H,33,34)(H,31,32,35)/t13-,15?,16+,20-/m1/s1. The van der Waals surface area contributed by atoms with Crippen molar-refractivity contribution in [3.05, 3.63) is 35.0 Å². The monoisotopic (exact) mass is 547 g/mol. The Balaban J connectivity index is 1.49. The van der Waals surface area contributed by atoms with Crippen LogP contribution in [0, 0.1) is 23.0 Å². The van der Waals surface area contributed by atoms with E-state index in [1.807, 2.05) is 4.57 Å². The Kier molecular flexibility index (Phi) is 7.17. The minimum absolute atomic E-state index is 0.0163. The molecule has 5 rings (SSSR count). The van der Waals surface area contributed by atoms with Gasteiger partial charge in [0.25, 0.3) is 0 Å². The van der Waals surface area contributed by atoms with Gasteiger partial charge < -0.3 is 21.5 Å². The van der Waals surface area contributed by atoms with Gasteiger partial charge >= 0.3 is 0 Å². The fraction of sp³-hybridized carbons (Fsp3) is 0.538. The van der Waals surface area contributed by atoms with Crippen LogP contribution in [0.2, 0.25) is 5.02 Å². The topological polar surface area (TPSA) is 131 Å². The highest BCUT2D eigenvalue weighted by Gasteiger charge is 2.35. The molecule has 2 aliphatic carbocycles. The summed E-state index contributed by atoms with van der Waals surface area (Å²) < 4.78 is 30.2. The summed E-state index contributed by atoms with van der Waals surface area (Å²) in [5.41, 5.74) is 6.31. The van der Waals surface area contributed by atoms with E-state index in [2.05, 4.69) is 34.4 Å². The molecule has 2 fully saturated rings. The number of nitrogens with zero attached hydrogens (tertiary/aromatic N) is 4. The molecule has 2 saturated carbocycles. The molecule has 12 heteroatoms. The second kappa shape index (κ2) is 10.3. The maximum Gasteiger partial charge on any atom is 0.224 e. The molecule has 0 bridgehead atoms. The Labute approximate surface area is 224 Å². The van der Waals surface area contributed by atoms with Crippen molar-refractivity contribution in [2.75, 3.05) is 10.6 Å². The van der Waals surface area contributed by atoms with Crippen LogP contribution in [-0.4, -0.2) is 42.7 Å². The number of aliphatic hydroxyl groups is 1. The summed E-state index contributed by atoms with van der Waals surface area (Å²) in [6.07, 6.45) is 5.98. The van der Waals surface area contributed by atoms with Gasteiger partial charge in [-0.15, -0.1) is 0 Å². The second-order valence-electron chi connectivity index (χ2n) is 11.1. The van der Waals surface area contributed by atoms with E-state index in [1.54, 1.807) is 6.20 Å². The number of fused-ring (bicyclic) bond motifs is 1. The lowest BCUT2D eigenvalue weighted by atomic mass is 9.73. The highest BCUT2D eigenvalue weighted by molar-refractivity contribution is 6.33. The number of aromatic nitrogens is 4. The van der Waals surface area contributed by atoms with Gasteiger partial charge in [-0.1, -0.05) is 25.4 Å². The number of primary amides is 1. The number of carbonyl (C=O) groups excluding carboxylic acids is 1. The number of rotatable bonds is 6. The Bertz CT molecular complexity index is 1330. The number of imidazole rings is 1. The minimum Gasteiger partial charge on any atom is -0.392 e. The molecule has 0 saturated heterocycles. The van der Waals surface area contributed by atoms with Crippen molar-refractivity contribution in [2.24, 2.45) is 17.1 Å². The maximum absolute atomic E-state index is 14.6. The summed E-state index contributed by atoms with van der Waals surface area (Å²) in [4.78, 5) is 25.5. The molecular weight excluding hydrogens is 516 g/mol. The number of carbonyl (C=O) groups is 1. The maximum atomic E-state index is 14.6. The third-order valence-corrected chi connectivity index (χ3v) is 8.32. The molecule has 2 aliphatic rings. The third-order valence-electron chi connectivity index (χ3n) is 8.02. The van der Waals surface area contributed by atoms with Gasteiger partial charge in [-0.2, -0.15) is 4.98 Å². The Hall–Kier alpha value is -3.05. The number of amides is 1. The highest BCUT2D eigenvalue weighted by atomic mass is 35.5. The van der Waals surface area contributed by atoms with E-state index in [1.165, 1.54) is 0 Å². The predicted molar refractivity (Wildman–Crippen MR) is 141 cm³/mol. The molecule has 5 N–H and O–H groups in total. The molecule has 1 aromatic carbocycles. The van der Waals surface area contributed by atoms with Crippen LogP contribution in [0.25, 0.3) is 11.2 Å². The molecular formula is C26H32ClF2N7O2. The molecule has 3 aromatic rings. The smallest absolute Gasteiger partial charge is 0.224 e. The first kappa shape index (κ1) is 26.6. The third kappa shape index (κ3) is 5.26. The second-order valence-corrected chi connectivity index (χ2v) is 11.5. The molecule has 38 heavy (non-hydrogen) atoms. The van der Waals surface area contributed by atoms with Crippen LogP contribution >= 0.6 is 11.6 Å². The van der Waals surface area contributed by atoms with Gasteiger partial charge in [-0.3, -0.25) is 9.36 Å². The lowest BCUT2D eigenvalue weighted by molar-refractivity contribution is -0.122. The van der Waals surface area contributed by atoms with Crippen molar-refractivity contribution in [3.8, 4) is 0 Å². The fourth-order valence-electron chi connectivity index (χ4n) is 5.52. The van der Waals surface area contributed by atoms with Crippen LogP contribution in [0.15, 0.2) is 18.3 Å². The SMILES string of the molecule is CC1(C)CCC(Nc2ncc3nc(Nc4c(F)cc(F)cc4Cl)n([C@H]4CC[C@@H](C(N)=O)CC4)c3n2)C[C@H]1O. The summed E-state index contributed by atoms with van der Waals surface area (Å²) in [5, 5.41) is 16.7. The molecule has 1 amide bonds.